The lowest BCUT2D eigenvalue weighted by Crippen LogP contribution is -2.37. The Morgan fingerprint density at radius 1 is 1.41 bits per heavy atom. The van der Waals surface area contributed by atoms with Gasteiger partial charge in [0.05, 0.1) is 13.2 Å². The molecule has 0 radical (unpaired) electrons. The number of carbonyl (C=O) groups excluding carboxylic acids is 1. The van der Waals surface area contributed by atoms with Crippen molar-refractivity contribution in [3.05, 3.63) is 11.6 Å². The van der Waals surface area contributed by atoms with Gasteiger partial charge in [0.25, 0.3) is 0 Å². The summed E-state index contributed by atoms with van der Waals surface area (Å²) in [6.07, 6.45) is 1.54. The number of esters is 1. The molecular weight excluding hydrogens is 220 g/mol. The van der Waals surface area contributed by atoms with Gasteiger partial charge in [0.2, 0.25) is 0 Å². The van der Waals surface area contributed by atoms with E-state index in [1.54, 1.807) is 11.6 Å². The predicted molar refractivity (Wildman–Crippen MR) is 63.4 cm³/mol. The van der Waals surface area contributed by atoms with E-state index in [9.17, 15) is 4.79 Å². The minimum atomic E-state index is -0.688. The van der Waals surface area contributed by atoms with Crippen molar-refractivity contribution >= 4 is 5.97 Å². The average molecular weight is 240 g/mol. The van der Waals surface area contributed by atoms with Crippen LogP contribution in [0, 0.1) is 0 Å². The van der Waals surface area contributed by atoms with Gasteiger partial charge >= 0.3 is 5.97 Å². The van der Waals surface area contributed by atoms with Gasteiger partial charge in [0, 0.05) is 12.8 Å². The third-order valence-corrected chi connectivity index (χ3v) is 2.38. The molecule has 1 aromatic heterocycles. The Labute approximate surface area is 101 Å². The number of rotatable bonds is 6. The summed E-state index contributed by atoms with van der Waals surface area (Å²) in [5, 5.41) is 4.30. The summed E-state index contributed by atoms with van der Waals surface area (Å²) in [5.41, 5.74) is 5.75. The van der Waals surface area contributed by atoms with Crippen molar-refractivity contribution in [3.63, 3.8) is 0 Å². The lowest BCUT2D eigenvalue weighted by Gasteiger charge is -2.11. The molecule has 0 aliphatic carbocycles. The minimum absolute atomic E-state index is 0.314. The van der Waals surface area contributed by atoms with Crippen molar-refractivity contribution in [2.75, 3.05) is 6.61 Å². The summed E-state index contributed by atoms with van der Waals surface area (Å²) >= 11 is 0. The van der Waals surface area contributed by atoms with E-state index >= 15 is 0 Å². The number of carbonyl (C=O) groups is 1. The molecule has 6 nitrogen and oxygen atoms in total. The van der Waals surface area contributed by atoms with Crippen LogP contribution in [-0.4, -0.2) is 33.4 Å². The van der Waals surface area contributed by atoms with Gasteiger partial charge in [0.1, 0.15) is 11.9 Å². The van der Waals surface area contributed by atoms with E-state index in [0.29, 0.717) is 13.2 Å². The molecule has 1 aromatic rings. The fourth-order valence-corrected chi connectivity index (χ4v) is 1.49. The van der Waals surface area contributed by atoms with Gasteiger partial charge in [-0.2, -0.15) is 5.10 Å². The molecule has 0 aliphatic heterocycles. The summed E-state index contributed by atoms with van der Waals surface area (Å²) in [6.45, 7) is 6.40. The minimum Gasteiger partial charge on any atom is -0.465 e. The first-order valence-electron chi connectivity index (χ1n) is 5.97. The first-order valence-corrected chi connectivity index (χ1v) is 5.97. The van der Waals surface area contributed by atoms with Crippen LogP contribution >= 0.6 is 0 Å². The van der Waals surface area contributed by atoms with Crippen LogP contribution in [0.2, 0.25) is 0 Å². The molecule has 1 rings (SSSR count). The molecule has 0 aromatic carbocycles. The van der Waals surface area contributed by atoms with E-state index in [4.69, 9.17) is 10.5 Å². The number of nitrogens with two attached hydrogens (primary N) is 1. The summed E-state index contributed by atoms with van der Waals surface area (Å²) < 4.78 is 6.55. The van der Waals surface area contributed by atoms with Crippen molar-refractivity contribution in [1.82, 2.24) is 14.8 Å². The average Bonchev–Trinajstić information content (AvgIpc) is 2.71. The smallest absolute Gasteiger partial charge is 0.324 e. The van der Waals surface area contributed by atoms with Crippen LogP contribution in [0.5, 0.6) is 0 Å². The Kier molecular flexibility index (Phi) is 5.09. The van der Waals surface area contributed by atoms with E-state index in [1.165, 1.54) is 0 Å². The van der Waals surface area contributed by atoms with Gasteiger partial charge in [-0.05, 0) is 6.92 Å². The largest absolute Gasteiger partial charge is 0.465 e. The zero-order valence-corrected chi connectivity index (χ0v) is 10.6. The Hall–Kier alpha value is -1.43. The van der Waals surface area contributed by atoms with Crippen LogP contribution in [0.4, 0.5) is 0 Å². The zero-order valence-electron chi connectivity index (χ0n) is 10.6. The van der Waals surface area contributed by atoms with Crippen LogP contribution < -0.4 is 5.73 Å². The quantitative estimate of drug-likeness (QED) is 0.723. The first kappa shape index (κ1) is 13.6. The molecule has 0 fully saturated rings. The Morgan fingerprint density at radius 2 is 2.12 bits per heavy atom. The van der Waals surface area contributed by atoms with Crippen molar-refractivity contribution in [2.45, 2.75) is 46.2 Å². The molecule has 96 valence electrons. The van der Waals surface area contributed by atoms with Crippen LogP contribution in [0.15, 0.2) is 0 Å². The highest BCUT2D eigenvalue weighted by atomic mass is 16.5. The fourth-order valence-electron chi connectivity index (χ4n) is 1.49. The van der Waals surface area contributed by atoms with Gasteiger partial charge in [-0.3, -0.25) is 4.79 Å². The Morgan fingerprint density at radius 3 is 2.65 bits per heavy atom. The van der Waals surface area contributed by atoms with Crippen molar-refractivity contribution in [1.29, 1.82) is 0 Å². The summed E-state index contributed by atoms with van der Waals surface area (Å²) in [4.78, 5) is 15.8. The van der Waals surface area contributed by atoms with Gasteiger partial charge in [-0.15, -0.1) is 0 Å². The topological polar surface area (TPSA) is 83.0 Å². The van der Waals surface area contributed by atoms with Gasteiger partial charge < -0.3 is 10.5 Å². The molecule has 1 heterocycles. The summed E-state index contributed by atoms with van der Waals surface area (Å²) in [5.74, 6) is 1.22. The molecule has 17 heavy (non-hydrogen) atoms. The molecule has 0 aliphatic rings. The number of hydrogen-bond acceptors (Lipinski definition) is 5. The van der Waals surface area contributed by atoms with E-state index in [1.807, 2.05) is 13.8 Å². The number of aryl methyl sites for hydroxylation is 2. The maximum Gasteiger partial charge on any atom is 0.324 e. The highest BCUT2D eigenvalue weighted by molar-refractivity contribution is 5.75. The molecule has 0 saturated carbocycles. The van der Waals surface area contributed by atoms with Crippen LogP contribution in [0.3, 0.4) is 0 Å². The van der Waals surface area contributed by atoms with Crippen LogP contribution in [-0.2, 0) is 28.9 Å². The van der Waals surface area contributed by atoms with E-state index < -0.39 is 12.0 Å². The van der Waals surface area contributed by atoms with Gasteiger partial charge in [-0.25, -0.2) is 9.67 Å². The molecule has 6 heteroatoms. The highest BCUT2D eigenvalue weighted by Crippen LogP contribution is 2.02. The lowest BCUT2D eigenvalue weighted by atomic mass is 10.3. The third kappa shape index (κ3) is 3.52. The van der Waals surface area contributed by atoms with Crippen LogP contribution in [0.25, 0.3) is 0 Å². The third-order valence-electron chi connectivity index (χ3n) is 2.38. The van der Waals surface area contributed by atoms with Crippen molar-refractivity contribution < 1.29 is 9.53 Å². The Balaban J connectivity index is 2.72. The van der Waals surface area contributed by atoms with Crippen molar-refractivity contribution in [3.8, 4) is 0 Å². The molecule has 1 unspecified atom stereocenters. The number of hydrogen-bond donors (Lipinski definition) is 1. The van der Waals surface area contributed by atoms with Crippen molar-refractivity contribution in [2.24, 2.45) is 5.73 Å². The zero-order chi connectivity index (χ0) is 12.8. The molecule has 2 N–H and O–H groups in total. The SMILES string of the molecule is CCOC(=O)C(N)Cn1nc(CC)nc1CC. The second-order valence-corrected chi connectivity index (χ2v) is 3.69. The molecule has 1 atom stereocenters. The molecule has 0 amide bonds. The van der Waals surface area contributed by atoms with E-state index in [2.05, 4.69) is 10.1 Å². The van der Waals surface area contributed by atoms with E-state index in [-0.39, 0.29) is 0 Å². The molecule has 0 bridgehead atoms. The first-order chi connectivity index (χ1) is 8.12. The van der Waals surface area contributed by atoms with Crippen LogP contribution in [0.1, 0.15) is 32.4 Å². The molecule has 0 saturated heterocycles. The standard InChI is InChI=1S/C11H20N4O2/c1-4-9-13-10(5-2)15(14-9)7-8(12)11(16)17-6-3/h8H,4-7,12H2,1-3H3. The summed E-state index contributed by atoms with van der Waals surface area (Å²) in [7, 11) is 0. The molecule has 0 spiro atoms. The second kappa shape index (κ2) is 6.34. The number of ether oxygens (including phenoxy) is 1. The van der Waals surface area contributed by atoms with Gasteiger partial charge in [0.15, 0.2) is 5.82 Å². The number of nitrogens with zero attached hydrogens (tertiary/aromatic N) is 3. The fraction of sp³-hybridized carbons (Fsp3) is 0.727. The lowest BCUT2D eigenvalue weighted by molar-refractivity contribution is -0.145. The maximum absolute atomic E-state index is 11.4. The highest BCUT2D eigenvalue weighted by Gasteiger charge is 2.18. The second-order valence-electron chi connectivity index (χ2n) is 3.69. The number of aromatic nitrogens is 3. The monoisotopic (exact) mass is 240 g/mol. The Bertz CT molecular complexity index is 376. The predicted octanol–water partition coefficient (Wildman–Crippen LogP) is 0.293. The summed E-state index contributed by atoms with van der Waals surface area (Å²) in [6, 6.07) is -0.688. The van der Waals surface area contributed by atoms with E-state index in [0.717, 1.165) is 24.5 Å². The normalized spacial score (nSPS) is 12.5. The molecular formula is C11H20N4O2. The van der Waals surface area contributed by atoms with Gasteiger partial charge in [-0.1, -0.05) is 13.8 Å². The maximum atomic E-state index is 11.4.